The maximum atomic E-state index is 5.90. The molecule has 1 atom stereocenters. The van der Waals surface area contributed by atoms with E-state index in [2.05, 4.69) is 54.2 Å². The van der Waals surface area contributed by atoms with Crippen LogP contribution < -0.4 is 5.32 Å². The first-order chi connectivity index (χ1) is 12.0. The standard InChI is InChI=1S/C20H31N3OS/c1-15-6-4-8-19(16(15)2)21-20(25)23(14-18-7-5-13-24-18)17-9-11-22(3)12-10-17/h4,6,8,17-18H,5,7,9-14H2,1-3H3,(H,21,25). The summed E-state index contributed by atoms with van der Waals surface area (Å²) in [5.41, 5.74) is 3.68. The van der Waals surface area contributed by atoms with Gasteiger partial charge in [-0.25, -0.2) is 0 Å². The van der Waals surface area contributed by atoms with E-state index in [4.69, 9.17) is 17.0 Å². The molecule has 1 unspecified atom stereocenters. The summed E-state index contributed by atoms with van der Waals surface area (Å²) in [6, 6.07) is 6.86. The lowest BCUT2D eigenvalue weighted by Crippen LogP contribution is -2.50. The number of piperidine rings is 1. The van der Waals surface area contributed by atoms with Crippen molar-refractivity contribution in [2.75, 3.05) is 38.6 Å². The van der Waals surface area contributed by atoms with E-state index in [1.807, 2.05) is 0 Å². The third-order valence-corrected chi connectivity index (χ3v) is 6.00. The van der Waals surface area contributed by atoms with E-state index in [0.717, 1.165) is 56.3 Å². The Morgan fingerprint density at radius 1 is 1.28 bits per heavy atom. The Hall–Kier alpha value is -1.17. The predicted octanol–water partition coefficient (Wildman–Crippen LogP) is 3.58. The summed E-state index contributed by atoms with van der Waals surface area (Å²) in [4.78, 5) is 4.81. The van der Waals surface area contributed by atoms with Gasteiger partial charge in [0.1, 0.15) is 0 Å². The van der Waals surface area contributed by atoms with Crippen LogP contribution in [0.3, 0.4) is 0 Å². The first kappa shape index (κ1) is 18.6. The minimum Gasteiger partial charge on any atom is -0.376 e. The molecule has 0 aliphatic carbocycles. The molecule has 3 rings (SSSR count). The molecular formula is C20H31N3OS. The highest BCUT2D eigenvalue weighted by molar-refractivity contribution is 7.80. The quantitative estimate of drug-likeness (QED) is 0.828. The summed E-state index contributed by atoms with van der Waals surface area (Å²) in [5.74, 6) is 0. The highest BCUT2D eigenvalue weighted by Crippen LogP contribution is 2.23. The van der Waals surface area contributed by atoms with Gasteiger partial charge in [-0.1, -0.05) is 12.1 Å². The number of nitrogens with one attached hydrogen (secondary N) is 1. The third-order valence-electron chi connectivity index (χ3n) is 5.66. The lowest BCUT2D eigenvalue weighted by Gasteiger charge is -2.40. The number of likely N-dealkylation sites (tertiary alicyclic amines) is 1. The van der Waals surface area contributed by atoms with Crippen LogP contribution in [0.4, 0.5) is 5.69 Å². The van der Waals surface area contributed by atoms with Crippen molar-refractivity contribution in [1.29, 1.82) is 0 Å². The normalized spacial score (nSPS) is 22.1. The smallest absolute Gasteiger partial charge is 0.173 e. The van der Waals surface area contributed by atoms with Crippen LogP contribution in [0, 0.1) is 13.8 Å². The zero-order chi connectivity index (χ0) is 17.8. The summed E-state index contributed by atoms with van der Waals surface area (Å²) >= 11 is 5.85. The molecule has 1 aromatic carbocycles. The molecule has 2 fully saturated rings. The average molecular weight is 362 g/mol. The molecule has 138 valence electrons. The number of anilines is 1. The largest absolute Gasteiger partial charge is 0.376 e. The number of rotatable bonds is 4. The van der Waals surface area contributed by atoms with Crippen molar-refractivity contribution < 1.29 is 4.74 Å². The van der Waals surface area contributed by atoms with Crippen LogP contribution in [0.5, 0.6) is 0 Å². The van der Waals surface area contributed by atoms with Gasteiger partial charge in [-0.2, -0.15) is 0 Å². The summed E-state index contributed by atoms with van der Waals surface area (Å²) < 4.78 is 5.90. The highest BCUT2D eigenvalue weighted by atomic mass is 32.1. The molecule has 2 saturated heterocycles. The lowest BCUT2D eigenvalue weighted by atomic mass is 10.0. The van der Waals surface area contributed by atoms with Crippen molar-refractivity contribution in [3.63, 3.8) is 0 Å². The number of hydrogen-bond acceptors (Lipinski definition) is 3. The minimum absolute atomic E-state index is 0.318. The zero-order valence-electron chi connectivity index (χ0n) is 15.8. The molecule has 25 heavy (non-hydrogen) atoms. The maximum Gasteiger partial charge on any atom is 0.173 e. The second-order valence-electron chi connectivity index (χ2n) is 7.50. The Labute approximate surface area is 157 Å². The van der Waals surface area contributed by atoms with Crippen molar-refractivity contribution in [3.8, 4) is 0 Å². The van der Waals surface area contributed by atoms with Crippen LogP contribution in [0.15, 0.2) is 18.2 Å². The van der Waals surface area contributed by atoms with Crippen LogP contribution in [0.25, 0.3) is 0 Å². The van der Waals surface area contributed by atoms with Gasteiger partial charge in [0.2, 0.25) is 0 Å². The van der Waals surface area contributed by atoms with Gasteiger partial charge in [-0.15, -0.1) is 0 Å². The number of thiocarbonyl (C=S) groups is 1. The number of nitrogens with zero attached hydrogens (tertiary/aromatic N) is 2. The Morgan fingerprint density at radius 3 is 2.72 bits per heavy atom. The molecule has 0 spiro atoms. The van der Waals surface area contributed by atoms with Gasteiger partial charge < -0.3 is 19.9 Å². The lowest BCUT2D eigenvalue weighted by molar-refractivity contribution is 0.0724. The van der Waals surface area contributed by atoms with Crippen molar-refractivity contribution in [1.82, 2.24) is 9.80 Å². The van der Waals surface area contributed by atoms with Crippen molar-refractivity contribution in [2.24, 2.45) is 0 Å². The molecule has 2 aliphatic heterocycles. The van der Waals surface area contributed by atoms with Gasteiger partial charge >= 0.3 is 0 Å². The molecule has 0 aromatic heterocycles. The molecule has 0 amide bonds. The van der Waals surface area contributed by atoms with Gasteiger partial charge in [0, 0.05) is 24.9 Å². The third kappa shape index (κ3) is 4.72. The molecule has 4 nitrogen and oxygen atoms in total. The molecule has 0 radical (unpaired) electrons. The van der Waals surface area contributed by atoms with Crippen LogP contribution in [-0.2, 0) is 4.74 Å². The first-order valence-electron chi connectivity index (χ1n) is 9.48. The van der Waals surface area contributed by atoms with E-state index in [9.17, 15) is 0 Å². The van der Waals surface area contributed by atoms with Crippen molar-refractivity contribution in [3.05, 3.63) is 29.3 Å². The SMILES string of the molecule is Cc1cccc(NC(=S)N(CC2CCCO2)C2CCN(C)CC2)c1C. The number of ether oxygens (including phenoxy) is 1. The van der Waals surface area contributed by atoms with E-state index in [1.54, 1.807) is 0 Å². The fourth-order valence-electron chi connectivity index (χ4n) is 3.79. The monoisotopic (exact) mass is 361 g/mol. The second-order valence-corrected chi connectivity index (χ2v) is 7.89. The Morgan fingerprint density at radius 2 is 2.04 bits per heavy atom. The Balaban J connectivity index is 1.72. The number of aryl methyl sites for hydroxylation is 1. The average Bonchev–Trinajstić information content (AvgIpc) is 3.11. The molecule has 5 heteroatoms. The molecule has 2 heterocycles. The highest BCUT2D eigenvalue weighted by Gasteiger charge is 2.29. The fourth-order valence-corrected chi connectivity index (χ4v) is 4.12. The van der Waals surface area contributed by atoms with Gasteiger partial charge in [-0.3, -0.25) is 0 Å². The minimum atomic E-state index is 0.318. The van der Waals surface area contributed by atoms with E-state index in [-0.39, 0.29) is 0 Å². The van der Waals surface area contributed by atoms with E-state index in [1.165, 1.54) is 17.5 Å². The fraction of sp³-hybridized carbons (Fsp3) is 0.650. The predicted molar refractivity (Wildman–Crippen MR) is 108 cm³/mol. The van der Waals surface area contributed by atoms with Crippen LogP contribution in [0.2, 0.25) is 0 Å². The first-order valence-corrected chi connectivity index (χ1v) is 9.89. The summed E-state index contributed by atoms with van der Waals surface area (Å²) in [5, 5.41) is 4.37. The Kier molecular flexibility index (Phi) is 6.31. The van der Waals surface area contributed by atoms with E-state index >= 15 is 0 Å². The molecular weight excluding hydrogens is 330 g/mol. The maximum absolute atomic E-state index is 5.90. The molecule has 0 saturated carbocycles. The van der Waals surface area contributed by atoms with Gasteiger partial charge in [0.05, 0.1) is 6.10 Å². The molecule has 1 aromatic rings. The summed E-state index contributed by atoms with van der Waals surface area (Å²) in [7, 11) is 2.20. The van der Waals surface area contributed by atoms with E-state index in [0.29, 0.717) is 12.1 Å². The molecule has 0 bridgehead atoms. The summed E-state index contributed by atoms with van der Waals surface area (Å²) in [6.45, 7) is 8.37. The van der Waals surface area contributed by atoms with Crippen molar-refractivity contribution in [2.45, 2.75) is 51.7 Å². The van der Waals surface area contributed by atoms with Crippen LogP contribution in [0.1, 0.15) is 36.8 Å². The number of benzene rings is 1. The number of hydrogen-bond donors (Lipinski definition) is 1. The topological polar surface area (TPSA) is 27.7 Å². The van der Waals surface area contributed by atoms with Crippen molar-refractivity contribution >= 4 is 23.0 Å². The van der Waals surface area contributed by atoms with Crippen LogP contribution >= 0.6 is 12.2 Å². The second kappa shape index (κ2) is 8.47. The summed E-state index contributed by atoms with van der Waals surface area (Å²) in [6.07, 6.45) is 4.96. The van der Waals surface area contributed by atoms with Gasteiger partial charge in [0.25, 0.3) is 0 Å². The zero-order valence-corrected chi connectivity index (χ0v) is 16.6. The van der Waals surface area contributed by atoms with Crippen LogP contribution in [-0.4, -0.2) is 60.3 Å². The van der Waals surface area contributed by atoms with Gasteiger partial charge in [0.15, 0.2) is 5.11 Å². The molecule has 2 aliphatic rings. The molecule has 1 N–H and O–H groups in total. The Bertz CT molecular complexity index is 593. The van der Waals surface area contributed by atoms with E-state index < -0.39 is 0 Å². The van der Waals surface area contributed by atoms with Gasteiger partial charge in [-0.05, 0) is 89.1 Å².